The molecule has 1 amide bonds. The minimum atomic E-state index is -4.69. The Morgan fingerprint density at radius 3 is 2.30 bits per heavy atom. The third-order valence-electron chi connectivity index (χ3n) is 4.42. The van der Waals surface area contributed by atoms with Gasteiger partial charge in [0.15, 0.2) is 0 Å². The van der Waals surface area contributed by atoms with Crippen LogP contribution in [0.1, 0.15) is 16.7 Å². The molecule has 164 valence electrons. The van der Waals surface area contributed by atoms with Gasteiger partial charge in [0, 0.05) is 24.8 Å². The number of aryl methyl sites for hydroxylation is 1. The van der Waals surface area contributed by atoms with Gasteiger partial charge in [-0.25, -0.2) is 12.7 Å². The maximum atomic E-state index is 13.2. The predicted octanol–water partition coefficient (Wildman–Crippen LogP) is 4.28. The highest BCUT2D eigenvalue weighted by atomic mass is 35.5. The molecule has 0 unspecified atom stereocenters. The fourth-order valence-corrected chi connectivity index (χ4v) is 3.79. The molecule has 2 aromatic rings. The van der Waals surface area contributed by atoms with Crippen LogP contribution in [-0.4, -0.2) is 39.3 Å². The number of hydrogen-bond donors (Lipinski definition) is 2. The van der Waals surface area contributed by atoms with Gasteiger partial charge in [-0.2, -0.15) is 13.2 Å². The van der Waals surface area contributed by atoms with Crippen LogP contribution in [0.15, 0.2) is 35.2 Å². The lowest BCUT2D eigenvalue weighted by atomic mass is 10.1. The first kappa shape index (κ1) is 24.0. The van der Waals surface area contributed by atoms with E-state index in [1.54, 1.807) is 13.8 Å². The van der Waals surface area contributed by atoms with Crippen molar-refractivity contribution in [1.82, 2.24) is 4.31 Å². The second-order valence-corrected chi connectivity index (χ2v) is 9.38. The largest absolute Gasteiger partial charge is 0.418 e. The van der Waals surface area contributed by atoms with Gasteiger partial charge in [-0.3, -0.25) is 4.79 Å². The van der Waals surface area contributed by atoms with Gasteiger partial charge in [0.2, 0.25) is 15.9 Å². The number of amides is 1. The van der Waals surface area contributed by atoms with Gasteiger partial charge >= 0.3 is 6.18 Å². The number of halogens is 4. The van der Waals surface area contributed by atoms with Crippen LogP contribution < -0.4 is 10.6 Å². The van der Waals surface area contributed by atoms with Crippen LogP contribution in [0.2, 0.25) is 5.02 Å². The number of carbonyl (C=O) groups excluding carboxylic acids is 1. The first-order valence-electron chi connectivity index (χ1n) is 8.67. The highest BCUT2D eigenvalue weighted by Gasteiger charge is 2.34. The third-order valence-corrected chi connectivity index (χ3v) is 6.45. The monoisotopic (exact) mass is 463 g/mol. The van der Waals surface area contributed by atoms with E-state index in [0.29, 0.717) is 16.8 Å². The van der Waals surface area contributed by atoms with E-state index in [1.165, 1.54) is 32.3 Å². The van der Waals surface area contributed by atoms with Gasteiger partial charge in [-0.05, 0) is 55.3 Å². The zero-order valence-corrected chi connectivity index (χ0v) is 18.3. The van der Waals surface area contributed by atoms with E-state index in [-0.39, 0.29) is 16.5 Å². The van der Waals surface area contributed by atoms with Crippen molar-refractivity contribution in [2.24, 2.45) is 0 Å². The van der Waals surface area contributed by atoms with Crippen LogP contribution in [0.25, 0.3) is 0 Å². The van der Waals surface area contributed by atoms with Crippen molar-refractivity contribution in [3.05, 3.63) is 52.0 Å². The molecule has 0 spiro atoms. The Bertz CT molecular complexity index is 1070. The van der Waals surface area contributed by atoms with E-state index >= 15 is 0 Å². The second kappa shape index (κ2) is 8.83. The van der Waals surface area contributed by atoms with Crippen molar-refractivity contribution in [3.63, 3.8) is 0 Å². The molecule has 2 aromatic carbocycles. The van der Waals surface area contributed by atoms with Crippen molar-refractivity contribution in [2.75, 3.05) is 31.3 Å². The summed E-state index contributed by atoms with van der Waals surface area (Å²) in [7, 11) is -0.900. The van der Waals surface area contributed by atoms with Crippen LogP contribution in [0, 0.1) is 13.8 Å². The second-order valence-electron chi connectivity index (χ2n) is 6.79. The lowest BCUT2D eigenvalue weighted by Gasteiger charge is -2.17. The predicted molar refractivity (Wildman–Crippen MR) is 110 cm³/mol. The average molecular weight is 464 g/mol. The van der Waals surface area contributed by atoms with E-state index in [4.69, 9.17) is 11.6 Å². The summed E-state index contributed by atoms with van der Waals surface area (Å²) in [6.45, 7) is 3.09. The summed E-state index contributed by atoms with van der Waals surface area (Å²) in [6.07, 6.45) is -4.69. The van der Waals surface area contributed by atoms with Crippen LogP contribution in [-0.2, 0) is 21.0 Å². The molecule has 0 saturated heterocycles. The number of nitrogens with one attached hydrogen (secondary N) is 2. The number of hydrogen-bond acceptors (Lipinski definition) is 4. The topological polar surface area (TPSA) is 78.5 Å². The van der Waals surface area contributed by atoms with E-state index in [1.807, 2.05) is 0 Å². The van der Waals surface area contributed by atoms with E-state index in [0.717, 1.165) is 16.4 Å². The number of alkyl halides is 3. The number of nitrogens with zero attached hydrogens (tertiary/aromatic N) is 1. The molecule has 2 N–H and O–H groups in total. The van der Waals surface area contributed by atoms with Crippen molar-refractivity contribution in [3.8, 4) is 0 Å². The SMILES string of the molecule is Cc1cc(S(=O)(=O)N(C)C)cc(NCC(=O)Nc2ccc(Cl)cc2C(F)(F)F)c1C. The number of benzene rings is 2. The summed E-state index contributed by atoms with van der Waals surface area (Å²) in [5.41, 5.74) is 0.295. The molecule has 2 rings (SSSR count). The van der Waals surface area contributed by atoms with Gasteiger partial charge < -0.3 is 10.6 Å². The first-order chi connectivity index (χ1) is 13.7. The third kappa shape index (κ3) is 5.44. The summed E-state index contributed by atoms with van der Waals surface area (Å²) in [4.78, 5) is 12.3. The maximum absolute atomic E-state index is 13.2. The molecule has 0 aromatic heterocycles. The van der Waals surface area contributed by atoms with E-state index in [2.05, 4.69) is 10.6 Å². The molecule has 0 heterocycles. The molecule has 0 aliphatic rings. The van der Waals surface area contributed by atoms with Crippen LogP contribution in [0.4, 0.5) is 24.5 Å². The van der Waals surface area contributed by atoms with Crippen LogP contribution >= 0.6 is 11.6 Å². The van der Waals surface area contributed by atoms with Gasteiger partial charge in [-0.1, -0.05) is 11.6 Å². The quantitative estimate of drug-likeness (QED) is 0.670. The molecule has 0 aliphatic heterocycles. The van der Waals surface area contributed by atoms with E-state index < -0.39 is 33.4 Å². The minimum absolute atomic E-state index is 0.0376. The van der Waals surface area contributed by atoms with Crippen LogP contribution in [0.5, 0.6) is 0 Å². The van der Waals surface area contributed by atoms with Gasteiger partial charge in [0.1, 0.15) is 0 Å². The molecule has 11 heteroatoms. The summed E-state index contributed by atoms with van der Waals surface area (Å²) < 4.78 is 65.3. The normalized spacial score (nSPS) is 12.2. The molecule has 0 saturated carbocycles. The summed E-state index contributed by atoms with van der Waals surface area (Å²) in [5, 5.41) is 4.89. The summed E-state index contributed by atoms with van der Waals surface area (Å²) in [6, 6.07) is 5.94. The molecular weight excluding hydrogens is 443 g/mol. The van der Waals surface area contributed by atoms with Crippen LogP contribution in [0.3, 0.4) is 0 Å². The smallest absolute Gasteiger partial charge is 0.376 e. The molecule has 0 atom stereocenters. The van der Waals surface area contributed by atoms with Gasteiger partial charge in [0.25, 0.3) is 0 Å². The molecule has 0 radical (unpaired) electrons. The number of rotatable bonds is 6. The first-order valence-corrected chi connectivity index (χ1v) is 10.5. The fraction of sp³-hybridized carbons (Fsp3) is 0.316. The highest BCUT2D eigenvalue weighted by Crippen LogP contribution is 2.36. The van der Waals surface area contributed by atoms with E-state index in [9.17, 15) is 26.4 Å². The summed E-state index contributed by atoms with van der Waals surface area (Å²) >= 11 is 5.63. The lowest BCUT2D eigenvalue weighted by Crippen LogP contribution is -2.25. The molecule has 0 aliphatic carbocycles. The van der Waals surface area contributed by atoms with Gasteiger partial charge in [0.05, 0.1) is 22.7 Å². The van der Waals surface area contributed by atoms with Crippen molar-refractivity contribution >= 4 is 38.9 Å². The maximum Gasteiger partial charge on any atom is 0.418 e. The summed E-state index contributed by atoms with van der Waals surface area (Å²) in [5.74, 6) is -0.735. The van der Waals surface area contributed by atoms with Crippen molar-refractivity contribution in [1.29, 1.82) is 0 Å². The Morgan fingerprint density at radius 1 is 1.10 bits per heavy atom. The molecule has 30 heavy (non-hydrogen) atoms. The Balaban J connectivity index is 2.23. The fourth-order valence-electron chi connectivity index (χ4n) is 2.60. The lowest BCUT2D eigenvalue weighted by molar-refractivity contribution is -0.137. The molecular formula is C19H21ClF3N3O3S. The molecule has 6 nitrogen and oxygen atoms in total. The Kier molecular flexibility index (Phi) is 7.05. The number of carbonyl (C=O) groups is 1. The standard InChI is InChI=1S/C19H21ClF3N3O3S/c1-11-7-14(30(28,29)26(3)4)9-17(12(11)2)24-10-18(27)25-16-6-5-13(20)8-15(16)19(21,22)23/h5-9,24H,10H2,1-4H3,(H,25,27). The number of sulfonamides is 1. The number of anilines is 2. The zero-order chi connectivity index (χ0) is 22.9. The van der Waals surface area contributed by atoms with Gasteiger partial charge in [-0.15, -0.1) is 0 Å². The Labute approximate surface area is 178 Å². The van der Waals surface area contributed by atoms with Crippen molar-refractivity contribution < 1.29 is 26.4 Å². The zero-order valence-electron chi connectivity index (χ0n) is 16.7. The molecule has 0 fully saturated rings. The average Bonchev–Trinajstić information content (AvgIpc) is 2.63. The minimum Gasteiger partial charge on any atom is -0.376 e. The Hall–Kier alpha value is -2.30. The molecule has 0 bridgehead atoms. The van der Waals surface area contributed by atoms with Crippen molar-refractivity contribution in [2.45, 2.75) is 24.9 Å². The Morgan fingerprint density at radius 2 is 1.73 bits per heavy atom. The highest BCUT2D eigenvalue weighted by molar-refractivity contribution is 7.89.